The molecule has 128 valence electrons. The summed E-state index contributed by atoms with van der Waals surface area (Å²) in [5.74, 6) is -0.432. The third kappa shape index (κ3) is 3.98. The number of amides is 1. The number of aromatic nitrogens is 1. The first-order chi connectivity index (χ1) is 12.1. The molecule has 0 radical (unpaired) electrons. The molecule has 0 spiro atoms. The number of pyridine rings is 1. The number of carbonyl (C=O) groups is 1. The number of hydrogen-bond acceptors (Lipinski definition) is 4. The Bertz CT molecular complexity index is 880. The maximum absolute atomic E-state index is 12.2. The molecule has 0 saturated carbocycles. The van der Waals surface area contributed by atoms with Gasteiger partial charge in [-0.3, -0.25) is 4.79 Å². The van der Waals surface area contributed by atoms with E-state index in [-0.39, 0.29) is 16.8 Å². The first-order valence-electron chi connectivity index (χ1n) is 8.16. The maximum Gasteiger partial charge on any atom is 0.262 e. The fourth-order valence-electron chi connectivity index (χ4n) is 2.85. The highest BCUT2D eigenvalue weighted by Gasteiger charge is 2.18. The van der Waals surface area contributed by atoms with E-state index in [1.54, 1.807) is 0 Å². The predicted octanol–water partition coefficient (Wildman–Crippen LogP) is 3.40. The van der Waals surface area contributed by atoms with Crippen LogP contribution in [0, 0.1) is 18.3 Å². The molecule has 3 rings (SSSR count). The number of benzene rings is 1. The number of nitrogens with zero attached hydrogens (tertiary/aromatic N) is 2. The molecule has 1 aliphatic heterocycles. The number of ether oxygens (including phenoxy) is 1. The molecule has 1 aliphatic rings. The quantitative estimate of drug-likeness (QED) is 0.518. The van der Waals surface area contributed by atoms with E-state index in [9.17, 15) is 10.1 Å². The molecule has 1 aromatic heterocycles. The van der Waals surface area contributed by atoms with E-state index < -0.39 is 5.91 Å². The zero-order chi connectivity index (χ0) is 17.8. The van der Waals surface area contributed by atoms with Crippen LogP contribution in [0.25, 0.3) is 17.0 Å². The van der Waals surface area contributed by atoms with E-state index in [0.29, 0.717) is 12.1 Å². The van der Waals surface area contributed by atoms with Gasteiger partial charge in [0.05, 0.1) is 11.6 Å². The van der Waals surface area contributed by atoms with Gasteiger partial charge in [-0.2, -0.15) is 5.26 Å². The van der Waals surface area contributed by atoms with Crippen molar-refractivity contribution in [1.29, 1.82) is 5.26 Å². The van der Waals surface area contributed by atoms with Crippen molar-refractivity contribution in [2.75, 3.05) is 13.2 Å². The average molecular weight is 356 g/mol. The summed E-state index contributed by atoms with van der Waals surface area (Å²) in [5.41, 5.74) is 2.37. The van der Waals surface area contributed by atoms with Gasteiger partial charge in [0.2, 0.25) is 0 Å². The lowest BCUT2D eigenvalue weighted by Gasteiger charge is -2.10. The third-order valence-electron chi connectivity index (χ3n) is 4.21. The van der Waals surface area contributed by atoms with Crippen LogP contribution in [0.5, 0.6) is 0 Å². The van der Waals surface area contributed by atoms with E-state index in [2.05, 4.69) is 10.3 Å². The summed E-state index contributed by atoms with van der Waals surface area (Å²) >= 11 is 6.24. The van der Waals surface area contributed by atoms with Crippen molar-refractivity contribution in [1.82, 2.24) is 10.3 Å². The van der Waals surface area contributed by atoms with Gasteiger partial charge in [-0.25, -0.2) is 4.98 Å². The Labute approximate surface area is 151 Å². The molecule has 2 heterocycles. The second kappa shape index (κ2) is 7.64. The van der Waals surface area contributed by atoms with Crippen LogP contribution < -0.4 is 5.32 Å². The van der Waals surface area contributed by atoms with Crippen molar-refractivity contribution >= 4 is 34.5 Å². The van der Waals surface area contributed by atoms with Gasteiger partial charge in [0, 0.05) is 24.1 Å². The Hall–Kier alpha value is -2.42. The minimum atomic E-state index is -0.432. The third-order valence-corrected chi connectivity index (χ3v) is 4.51. The van der Waals surface area contributed by atoms with Crippen molar-refractivity contribution in [3.63, 3.8) is 0 Å². The molecule has 0 aliphatic carbocycles. The Morgan fingerprint density at radius 3 is 3.12 bits per heavy atom. The first-order valence-corrected chi connectivity index (χ1v) is 8.54. The van der Waals surface area contributed by atoms with Crippen LogP contribution in [-0.2, 0) is 9.53 Å². The lowest BCUT2D eigenvalue weighted by Crippen LogP contribution is -2.32. The number of nitriles is 1. The van der Waals surface area contributed by atoms with E-state index in [4.69, 9.17) is 16.3 Å². The zero-order valence-electron chi connectivity index (χ0n) is 13.9. The Balaban J connectivity index is 1.83. The average Bonchev–Trinajstić information content (AvgIpc) is 3.12. The van der Waals surface area contributed by atoms with Crippen molar-refractivity contribution in [3.05, 3.63) is 46.1 Å². The first kappa shape index (κ1) is 17.4. The number of rotatable bonds is 4. The minimum Gasteiger partial charge on any atom is -0.376 e. The number of halogens is 1. The fourth-order valence-corrected chi connectivity index (χ4v) is 3.05. The van der Waals surface area contributed by atoms with Crippen LogP contribution in [0.1, 0.15) is 24.0 Å². The Kier molecular flexibility index (Phi) is 5.32. The molecular formula is C19H18ClN3O2. The van der Waals surface area contributed by atoms with Crippen LogP contribution >= 0.6 is 11.6 Å². The highest BCUT2D eigenvalue weighted by Crippen LogP contribution is 2.24. The van der Waals surface area contributed by atoms with Gasteiger partial charge in [0.25, 0.3) is 5.91 Å². The summed E-state index contributed by atoms with van der Waals surface area (Å²) < 4.78 is 5.47. The summed E-state index contributed by atoms with van der Waals surface area (Å²) in [6, 6.07) is 9.58. The molecule has 1 N–H and O–H groups in total. The van der Waals surface area contributed by atoms with Crippen LogP contribution in [-0.4, -0.2) is 30.1 Å². The molecule has 0 bridgehead atoms. The topological polar surface area (TPSA) is 75.0 Å². The molecule has 1 fully saturated rings. The van der Waals surface area contributed by atoms with Crippen LogP contribution in [0.15, 0.2) is 29.8 Å². The van der Waals surface area contributed by atoms with E-state index in [1.165, 1.54) is 6.08 Å². The van der Waals surface area contributed by atoms with Gasteiger partial charge in [0.1, 0.15) is 16.8 Å². The molecule has 5 nitrogen and oxygen atoms in total. The van der Waals surface area contributed by atoms with E-state index in [1.807, 2.05) is 37.3 Å². The molecule has 1 aromatic carbocycles. The highest BCUT2D eigenvalue weighted by molar-refractivity contribution is 6.31. The molecular weight excluding hydrogens is 338 g/mol. The highest BCUT2D eigenvalue weighted by atomic mass is 35.5. The van der Waals surface area contributed by atoms with E-state index >= 15 is 0 Å². The Morgan fingerprint density at radius 2 is 2.40 bits per heavy atom. The SMILES string of the molecule is Cc1cccc2cc(/C=C(\C#N)C(=O)NCC3CCCO3)c(Cl)nc12. The van der Waals surface area contributed by atoms with Gasteiger partial charge >= 0.3 is 0 Å². The normalized spacial score (nSPS) is 17.5. The maximum atomic E-state index is 12.2. The number of para-hydroxylation sites is 1. The molecule has 1 atom stereocenters. The summed E-state index contributed by atoms with van der Waals surface area (Å²) in [5, 5.41) is 13.2. The number of aryl methyl sites for hydroxylation is 1. The summed E-state index contributed by atoms with van der Waals surface area (Å²) in [6.07, 6.45) is 3.42. The fraction of sp³-hybridized carbons (Fsp3) is 0.316. The van der Waals surface area contributed by atoms with Crippen molar-refractivity contribution in [2.24, 2.45) is 0 Å². The Morgan fingerprint density at radius 1 is 1.56 bits per heavy atom. The molecule has 25 heavy (non-hydrogen) atoms. The largest absolute Gasteiger partial charge is 0.376 e. The van der Waals surface area contributed by atoms with Gasteiger partial charge in [0.15, 0.2) is 0 Å². The molecule has 1 saturated heterocycles. The van der Waals surface area contributed by atoms with Crippen LogP contribution in [0.2, 0.25) is 5.15 Å². The second-order valence-corrected chi connectivity index (χ2v) is 6.39. The lowest BCUT2D eigenvalue weighted by atomic mass is 10.1. The number of nitrogens with one attached hydrogen (secondary N) is 1. The van der Waals surface area contributed by atoms with E-state index in [0.717, 1.165) is 35.9 Å². The van der Waals surface area contributed by atoms with Gasteiger partial charge in [-0.1, -0.05) is 29.8 Å². The van der Waals surface area contributed by atoms with Gasteiger partial charge in [-0.15, -0.1) is 0 Å². The predicted molar refractivity (Wildman–Crippen MR) is 97.1 cm³/mol. The van der Waals surface area contributed by atoms with Crippen molar-refractivity contribution in [2.45, 2.75) is 25.9 Å². The molecule has 1 unspecified atom stereocenters. The monoisotopic (exact) mass is 355 g/mol. The smallest absolute Gasteiger partial charge is 0.262 e. The zero-order valence-corrected chi connectivity index (χ0v) is 14.6. The standard InChI is InChI=1S/C19H18ClN3O2/c1-12-4-2-5-13-8-14(18(20)23-17(12)13)9-15(10-21)19(24)22-11-16-6-3-7-25-16/h2,4-5,8-9,16H,3,6-7,11H2,1H3,(H,22,24)/b15-9+. The summed E-state index contributed by atoms with van der Waals surface area (Å²) in [6.45, 7) is 3.08. The van der Waals surface area contributed by atoms with Crippen molar-refractivity contribution < 1.29 is 9.53 Å². The molecule has 2 aromatic rings. The number of fused-ring (bicyclic) bond motifs is 1. The second-order valence-electron chi connectivity index (χ2n) is 6.03. The summed E-state index contributed by atoms with van der Waals surface area (Å²) in [7, 11) is 0. The van der Waals surface area contributed by atoms with Crippen LogP contribution in [0.3, 0.4) is 0 Å². The van der Waals surface area contributed by atoms with Crippen LogP contribution in [0.4, 0.5) is 0 Å². The number of hydrogen-bond donors (Lipinski definition) is 1. The number of carbonyl (C=O) groups excluding carboxylic acids is 1. The minimum absolute atomic E-state index is 0.00583. The van der Waals surface area contributed by atoms with Gasteiger partial charge in [-0.05, 0) is 37.5 Å². The van der Waals surface area contributed by atoms with Crippen molar-refractivity contribution in [3.8, 4) is 6.07 Å². The lowest BCUT2D eigenvalue weighted by molar-refractivity contribution is -0.117. The van der Waals surface area contributed by atoms with Gasteiger partial charge < -0.3 is 10.1 Å². The molecule has 1 amide bonds. The molecule has 6 heteroatoms. The summed E-state index contributed by atoms with van der Waals surface area (Å²) in [4.78, 5) is 16.6.